The minimum absolute atomic E-state index is 0.146. The van der Waals surface area contributed by atoms with Gasteiger partial charge in [-0.2, -0.15) is 4.31 Å². The molecule has 0 bridgehead atoms. The first-order valence-electron chi connectivity index (χ1n) is 10.3. The molecular weight excluding hydrogens is 434 g/mol. The van der Waals surface area contributed by atoms with Crippen molar-refractivity contribution in [2.75, 3.05) is 40.4 Å². The molecule has 1 unspecified atom stereocenters. The number of hydrogen-bond donors (Lipinski definition) is 1. The van der Waals surface area contributed by atoms with Crippen LogP contribution in [0.5, 0.6) is 5.75 Å². The summed E-state index contributed by atoms with van der Waals surface area (Å²) in [7, 11) is -0.793. The van der Waals surface area contributed by atoms with Gasteiger partial charge < -0.3 is 14.5 Å². The summed E-state index contributed by atoms with van der Waals surface area (Å²) in [5.74, 6) is -0.0427. The third-order valence-electron chi connectivity index (χ3n) is 5.97. The number of carbonyl (C=O) groups is 2. The van der Waals surface area contributed by atoms with Crippen molar-refractivity contribution in [3.8, 4) is 5.75 Å². The number of rotatable bonds is 7. The van der Waals surface area contributed by atoms with Crippen LogP contribution < -0.4 is 4.74 Å². The van der Waals surface area contributed by atoms with E-state index in [1.54, 1.807) is 32.9 Å². The van der Waals surface area contributed by atoms with Gasteiger partial charge in [0.15, 0.2) is 5.78 Å². The summed E-state index contributed by atoms with van der Waals surface area (Å²) in [6.45, 7) is 6.64. The van der Waals surface area contributed by atoms with Gasteiger partial charge in [-0.1, -0.05) is 0 Å². The smallest absolute Gasteiger partial charge is 0.339 e. The molecule has 1 aliphatic heterocycles. The van der Waals surface area contributed by atoms with Crippen LogP contribution in [0.3, 0.4) is 0 Å². The van der Waals surface area contributed by atoms with E-state index in [0.717, 1.165) is 0 Å². The van der Waals surface area contributed by atoms with Crippen molar-refractivity contribution in [3.05, 3.63) is 46.8 Å². The van der Waals surface area contributed by atoms with E-state index in [4.69, 9.17) is 9.47 Å². The van der Waals surface area contributed by atoms with E-state index < -0.39 is 22.0 Å². The molecule has 2 heterocycles. The highest BCUT2D eigenvalue weighted by Gasteiger charge is 2.33. The number of methoxy groups -OCH3 is 2. The van der Waals surface area contributed by atoms with E-state index in [9.17, 15) is 18.0 Å². The van der Waals surface area contributed by atoms with Crippen molar-refractivity contribution in [1.82, 2.24) is 14.2 Å². The first-order chi connectivity index (χ1) is 15.1. The van der Waals surface area contributed by atoms with Crippen LogP contribution in [0.1, 0.15) is 39.0 Å². The van der Waals surface area contributed by atoms with Crippen LogP contribution in [-0.4, -0.2) is 80.8 Å². The van der Waals surface area contributed by atoms with Crippen molar-refractivity contribution < 1.29 is 27.5 Å². The van der Waals surface area contributed by atoms with E-state index in [1.165, 1.54) is 30.7 Å². The molecule has 1 N–H and O–H groups in total. The second kappa shape index (κ2) is 9.43. The lowest BCUT2D eigenvalue weighted by molar-refractivity contribution is 0.0599. The Morgan fingerprint density at radius 1 is 1.03 bits per heavy atom. The van der Waals surface area contributed by atoms with Crippen LogP contribution in [0.15, 0.2) is 29.2 Å². The fourth-order valence-electron chi connectivity index (χ4n) is 4.01. The zero-order valence-corrected chi connectivity index (χ0v) is 19.8. The molecule has 0 spiro atoms. The highest BCUT2D eigenvalue weighted by atomic mass is 32.2. The summed E-state index contributed by atoms with van der Waals surface area (Å²) in [4.78, 5) is 30.3. The van der Waals surface area contributed by atoms with E-state index >= 15 is 0 Å². The number of piperazine rings is 1. The van der Waals surface area contributed by atoms with Crippen molar-refractivity contribution in [2.24, 2.45) is 0 Å². The number of Topliss-reactive ketones (excluding diaryl/α,β-unsaturated/α-hetero) is 1. The lowest BCUT2D eigenvalue weighted by Crippen LogP contribution is -2.53. The standard InChI is InChI=1S/C22H29N3O6S/c1-14-19(22(27)31-5)15(2)23-20(14)21(26)16(3)24-10-12-25(13-11-24)32(28,29)18-8-6-17(30-4)7-9-18/h6-9,16,23H,10-13H2,1-5H3. The molecule has 1 aromatic carbocycles. The number of nitrogens with zero attached hydrogens (tertiary/aromatic N) is 2. The number of carbonyl (C=O) groups excluding carboxylic acids is 2. The number of nitrogens with one attached hydrogen (secondary N) is 1. The number of ether oxygens (including phenoxy) is 2. The summed E-state index contributed by atoms with van der Waals surface area (Å²) in [6.07, 6.45) is 0. The largest absolute Gasteiger partial charge is 0.497 e. The van der Waals surface area contributed by atoms with Crippen molar-refractivity contribution in [2.45, 2.75) is 31.7 Å². The molecule has 174 valence electrons. The highest BCUT2D eigenvalue weighted by Crippen LogP contribution is 2.24. The van der Waals surface area contributed by atoms with Crippen LogP contribution in [0.4, 0.5) is 0 Å². The normalized spacial score (nSPS) is 16.5. The Bertz CT molecular complexity index is 1100. The Hall–Kier alpha value is -2.69. The van der Waals surface area contributed by atoms with Gasteiger partial charge >= 0.3 is 5.97 Å². The number of aromatic amines is 1. The maximum Gasteiger partial charge on any atom is 0.339 e. The monoisotopic (exact) mass is 463 g/mol. The summed E-state index contributed by atoms with van der Waals surface area (Å²) in [6, 6.07) is 5.83. The van der Waals surface area contributed by atoms with Crippen LogP contribution in [0, 0.1) is 13.8 Å². The van der Waals surface area contributed by atoms with Gasteiger partial charge in [-0.3, -0.25) is 9.69 Å². The average Bonchev–Trinajstić information content (AvgIpc) is 3.11. The van der Waals surface area contributed by atoms with Crippen molar-refractivity contribution in [3.63, 3.8) is 0 Å². The van der Waals surface area contributed by atoms with Crippen LogP contribution >= 0.6 is 0 Å². The third kappa shape index (κ3) is 4.43. The van der Waals surface area contributed by atoms with Gasteiger partial charge in [-0.05, 0) is 50.6 Å². The van der Waals surface area contributed by atoms with E-state index in [-0.39, 0.29) is 23.8 Å². The molecule has 0 saturated carbocycles. The van der Waals surface area contributed by atoms with E-state index in [0.29, 0.717) is 41.4 Å². The van der Waals surface area contributed by atoms with Gasteiger partial charge in [0, 0.05) is 31.9 Å². The second-order valence-corrected chi connectivity index (χ2v) is 9.71. The number of sulfonamides is 1. The van der Waals surface area contributed by atoms with Crippen molar-refractivity contribution >= 4 is 21.8 Å². The lowest BCUT2D eigenvalue weighted by atomic mass is 10.0. The molecule has 3 rings (SSSR count). The summed E-state index contributed by atoms with van der Waals surface area (Å²) < 4.78 is 37.2. The average molecular weight is 464 g/mol. The van der Waals surface area contributed by atoms with Crippen LogP contribution in [0.2, 0.25) is 0 Å². The Labute approximate surface area is 188 Å². The predicted molar refractivity (Wildman–Crippen MR) is 119 cm³/mol. The third-order valence-corrected chi connectivity index (χ3v) is 7.88. The van der Waals surface area contributed by atoms with Crippen LogP contribution in [-0.2, 0) is 14.8 Å². The lowest BCUT2D eigenvalue weighted by Gasteiger charge is -2.36. The number of ketones is 1. The molecule has 0 aliphatic carbocycles. The minimum atomic E-state index is -3.62. The number of aromatic nitrogens is 1. The Balaban J connectivity index is 1.69. The van der Waals surface area contributed by atoms with Gasteiger partial charge in [0.2, 0.25) is 10.0 Å². The zero-order chi connectivity index (χ0) is 23.6. The van der Waals surface area contributed by atoms with Gasteiger partial charge in [0.05, 0.1) is 36.4 Å². The SMILES string of the molecule is COC(=O)c1c(C)[nH]c(C(=O)C(C)N2CCN(S(=O)(=O)c3ccc(OC)cc3)CC2)c1C. The molecular formula is C22H29N3O6S. The van der Waals surface area contributed by atoms with Gasteiger partial charge in [-0.15, -0.1) is 0 Å². The zero-order valence-electron chi connectivity index (χ0n) is 19.0. The molecule has 10 heteroatoms. The molecule has 1 aliphatic rings. The molecule has 1 aromatic heterocycles. The highest BCUT2D eigenvalue weighted by molar-refractivity contribution is 7.89. The molecule has 1 atom stereocenters. The second-order valence-electron chi connectivity index (χ2n) is 7.77. The number of hydrogen-bond acceptors (Lipinski definition) is 7. The Morgan fingerprint density at radius 3 is 2.16 bits per heavy atom. The maximum atomic E-state index is 13.1. The Morgan fingerprint density at radius 2 is 1.62 bits per heavy atom. The fraction of sp³-hybridized carbons (Fsp3) is 0.455. The minimum Gasteiger partial charge on any atom is -0.497 e. The predicted octanol–water partition coefficient (Wildman–Crippen LogP) is 2.00. The summed E-state index contributed by atoms with van der Waals surface area (Å²) in [5.41, 5.74) is 1.90. The number of benzene rings is 1. The number of aryl methyl sites for hydroxylation is 1. The molecule has 9 nitrogen and oxygen atoms in total. The van der Waals surface area contributed by atoms with E-state index in [1.807, 2.05) is 4.90 Å². The number of esters is 1. The molecule has 0 radical (unpaired) electrons. The maximum absolute atomic E-state index is 13.1. The van der Waals surface area contributed by atoms with Gasteiger partial charge in [0.1, 0.15) is 5.75 Å². The van der Waals surface area contributed by atoms with Crippen molar-refractivity contribution in [1.29, 1.82) is 0 Å². The topological polar surface area (TPSA) is 109 Å². The summed E-state index contributed by atoms with van der Waals surface area (Å²) >= 11 is 0. The molecule has 32 heavy (non-hydrogen) atoms. The van der Waals surface area contributed by atoms with E-state index in [2.05, 4.69) is 4.98 Å². The van der Waals surface area contributed by atoms with Crippen LogP contribution in [0.25, 0.3) is 0 Å². The molecule has 0 amide bonds. The first kappa shape index (κ1) is 24.0. The van der Waals surface area contributed by atoms with Gasteiger partial charge in [0.25, 0.3) is 0 Å². The molecule has 1 fully saturated rings. The Kier molecular flexibility index (Phi) is 7.06. The molecule has 1 saturated heterocycles. The summed E-state index contributed by atoms with van der Waals surface area (Å²) in [5, 5.41) is 0. The number of H-pyrrole nitrogens is 1. The fourth-order valence-corrected chi connectivity index (χ4v) is 5.43. The quantitative estimate of drug-likeness (QED) is 0.494. The van der Waals surface area contributed by atoms with Gasteiger partial charge in [-0.25, -0.2) is 13.2 Å². The molecule has 2 aromatic rings. The first-order valence-corrected chi connectivity index (χ1v) is 11.8.